The van der Waals surface area contributed by atoms with E-state index in [4.69, 9.17) is 0 Å². The number of phenolic OH excluding ortho intramolecular Hbond substituents is 1. The van der Waals surface area contributed by atoms with Crippen LogP contribution in [0.2, 0.25) is 0 Å². The van der Waals surface area contributed by atoms with E-state index in [2.05, 4.69) is 22.2 Å². The summed E-state index contributed by atoms with van der Waals surface area (Å²) in [5.41, 5.74) is 1.13. The minimum Gasteiger partial charge on any atom is -0.507 e. The molecular weight excluding hydrogens is 318 g/mol. The second kappa shape index (κ2) is 7.37. The van der Waals surface area contributed by atoms with Crippen LogP contribution in [0.1, 0.15) is 34.1 Å². The van der Waals surface area contributed by atoms with Gasteiger partial charge in [-0.1, -0.05) is 12.1 Å². The van der Waals surface area contributed by atoms with Crippen LogP contribution in [0.25, 0.3) is 0 Å². The fraction of sp³-hybridized carbons (Fsp3) is 0.474. The second-order valence-corrected chi connectivity index (χ2v) is 6.78. The number of benzene rings is 1. The molecule has 1 heterocycles. The highest BCUT2D eigenvalue weighted by molar-refractivity contribution is 6.27. The van der Waals surface area contributed by atoms with Gasteiger partial charge < -0.3 is 20.2 Å². The molecule has 0 spiro atoms. The average molecular weight is 343 g/mol. The molecular formula is C19H25N3O3. The molecule has 0 amide bonds. The van der Waals surface area contributed by atoms with Crippen LogP contribution in [0.3, 0.4) is 0 Å². The van der Waals surface area contributed by atoms with Gasteiger partial charge in [0.15, 0.2) is 5.78 Å². The Morgan fingerprint density at radius 2 is 1.84 bits per heavy atom. The molecule has 0 unspecified atom stereocenters. The van der Waals surface area contributed by atoms with Crippen LogP contribution in [-0.4, -0.2) is 72.8 Å². The number of nitrogens with zero attached hydrogens (tertiary/aromatic N) is 2. The first-order chi connectivity index (χ1) is 12.0. The lowest BCUT2D eigenvalue weighted by atomic mass is 9.87. The van der Waals surface area contributed by atoms with E-state index < -0.39 is 0 Å². The van der Waals surface area contributed by atoms with E-state index >= 15 is 0 Å². The predicted octanol–water partition coefficient (Wildman–Crippen LogP) is 1.27. The van der Waals surface area contributed by atoms with Crippen LogP contribution in [0.15, 0.2) is 29.5 Å². The van der Waals surface area contributed by atoms with Gasteiger partial charge in [0.2, 0.25) is 5.78 Å². The summed E-state index contributed by atoms with van der Waals surface area (Å²) >= 11 is 0. The fourth-order valence-electron chi connectivity index (χ4n) is 3.38. The molecule has 1 aromatic carbocycles. The van der Waals surface area contributed by atoms with Crippen LogP contribution in [0.4, 0.5) is 0 Å². The first-order valence-corrected chi connectivity index (χ1v) is 8.76. The summed E-state index contributed by atoms with van der Waals surface area (Å²) in [5.74, 6) is -0.642. The molecule has 134 valence electrons. The summed E-state index contributed by atoms with van der Waals surface area (Å²) in [6.45, 7) is 7.56. The van der Waals surface area contributed by atoms with Crippen molar-refractivity contribution < 1.29 is 14.7 Å². The highest BCUT2D eigenvalue weighted by Crippen LogP contribution is 2.30. The molecule has 6 heteroatoms. The van der Waals surface area contributed by atoms with Gasteiger partial charge in [-0.25, -0.2) is 0 Å². The van der Waals surface area contributed by atoms with Crippen LogP contribution < -0.4 is 5.32 Å². The monoisotopic (exact) mass is 343 g/mol. The second-order valence-electron chi connectivity index (χ2n) is 6.78. The van der Waals surface area contributed by atoms with Crippen molar-refractivity contribution in [2.45, 2.75) is 13.3 Å². The van der Waals surface area contributed by atoms with Gasteiger partial charge in [-0.2, -0.15) is 0 Å². The third-order valence-corrected chi connectivity index (χ3v) is 5.01. The lowest BCUT2D eigenvalue weighted by Gasteiger charge is -2.32. The number of Topliss-reactive ketones (excluding diaryl/α,β-unsaturated/α-hetero) is 2. The third-order valence-electron chi connectivity index (χ3n) is 5.01. The zero-order chi connectivity index (χ0) is 18.0. The molecule has 25 heavy (non-hydrogen) atoms. The first kappa shape index (κ1) is 17.6. The topological polar surface area (TPSA) is 72.9 Å². The maximum Gasteiger partial charge on any atom is 0.213 e. The van der Waals surface area contributed by atoms with Gasteiger partial charge in [0.1, 0.15) is 5.75 Å². The zero-order valence-corrected chi connectivity index (χ0v) is 14.8. The Labute approximate surface area is 148 Å². The molecule has 3 rings (SSSR count). The molecule has 0 aromatic heterocycles. The number of allylic oxidation sites excluding steroid dienone is 2. The molecule has 0 bridgehead atoms. The van der Waals surface area contributed by atoms with Crippen LogP contribution in [-0.2, 0) is 0 Å². The van der Waals surface area contributed by atoms with Gasteiger partial charge in [-0.3, -0.25) is 9.59 Å². The van der Waals surface area contributed by atoms with Crippen molar-refractivity contribution in [2.75, 3.05) is 46.3 Å². The number of aromatic hydroxyl groups is 1. The minimum absolute atomic E-state index is 0.111. The lowest BCUT2D eigenvalue weighted by Crippen LogP contribution is -2.45. The number of hydrogen-bond acceptors (Lipinski definition) is 6. The molecule has 1 aromatic rings. The van der Waals surface area contributed by atoms with Crippen molar-refractivity contribution in [3.8, 4) is 5.75 Å². The standard InChI is InChI=1S/C19H25N3O3/c1-13-17(20-7-4-8-22-11-9-21(2)10-12-22)19(25)16-14(18(13)24)5-3-6-15(16)23/h3,5-6,20,23H,4,7-12H2,1-2H3. The minimum atomic E-state index is -0.301. The molecule has 2 N–H and O–H groups in total. The van der Waals surface area contributed by atoms with Crippen molar-refractivity contribution in [3.63, 3.8) is 0 Å². The number of hydrogen-bond donors (Lipinski definition) is 2. The molecule has 1 saturated heterocycles. The highest BCUT2D eigenvalue weighted by atomic mass is 16.3. The molecule has 0 radical (unpaired) electrons. The highest BCUT2D eigenvalue weighted by Gasteiger charge is 2.32. The van der Waals surface area contributed by atoms with Crippen molar-refractivity contribution in [1.82, 2.24) is 15.1 Å². The van der Waals surface area contributed by atoms with Crippen molar-refractivity contribution in [1.29, 1.82) is 0 Å². The average Bonchev–Trinajstić information content (AvgIpc) is 2.60. The quantitative estimate of drug-likeness (QED) is 0.785. The predicted molar refractivity (Wildman–Crippen MR) is 96.0 cm³/mol. The van der Waals surface area contributed by atoms with E-state index in [9.17, 15) is 14.7 Å². The number of fused-ring (bicyclic) bond motifs is 1. The summed E-state index contributed by atoms with van der Waals surface area (Å²) in [7, 11) is 2.13. The van der Waals surface area contributed by atoms with Gasteiger partial charge in [0.25, 0.3) is 0 Å². The maximum atomic E-state index is 12.7. The third kappa shape index (κ3) is 3.60. The molecule has 1 aliphatic carbocycles. The number of piperazine rings is 1. The molecule has 0 atom stereocenters. The summed E-state index contributed by atoms with van der Waals surface area (Å²) in [6, 6.07) is 4.61. The number of carbonyl (C=O) groups is 2. The summed E-state index contributed by atoms with van der Waals surface area (Å²) in [5, 5.41) is 13.1. The normalized spacial score (nSPS) is 19.3. The Balaban J connectivity index is 1.61. The molecule has 2 aliphatic rings. The Morgan fingerprint density at radius 1 is 1.12 bits per heavy atom. The van der Waals surface area contributed by atoms with Crippen LogP contribution in [0, 0.1) is 0 Å². The van der Waals surface area contributed by atoms with E-state index in [1.807, 2.05) is 0 Å². The number of phenols is 1. The van der Waals surface area contributed by atoms with Crippen LogP contribution >= 0.6 is 0 Å². The van der Waals surface area contributed by atoms with Crippen molar-refractivity contribution >= 4 is 11.6 Å². The van der Waals surface area contributed by atoms with Gasteiger partial charge in [-0.05, 0) is 33.0 Å². The maximum absolute atomic E-state index is 12.7. The Bertz CT molecular complexity index is 719. The largest absolute Gasteiger partial charge is 0.507 e. The van der Waals surface area contributed by atoms with E-state index in [0.717, 1.165) is 39.1 Å². The van der Waals surface area contributed by atoms with Crippen molar-refractivity contribution in [2.24, 2.45) is 0 Å². The summed E-state index contributed by atoms with van der Waals surface area (Å²) in [4.78, 5) is 29.9. The first-order valence-electron chi connectivity index (χ1n) is 8.76. The van der Waals surface area contributed by atoms with Gasteiger partial charge in [0.05, 0.1) is 11.3 Å². The van der Waals surface area contributed by atoms with Gasteiger partial charge in [0, 0.05) is 43.9 Å². The lowest BCUT2D eigenvalue weighted by molar-refractivity contribution is 0.0965. The summed E-state index contributed by atoms with van der Waals surface area (Å²) < 4.78 is 0. The zero-order valence-electron chi connectivity index (χ0n) is 14.8. The molecule has 0 saturated carbocycles. The fourth-order valence-corrected chi connectivity index (χ4v) is 3.38. The number of ketones is 2. The summed E-state index contributed by atoms with van der Waals surface area (Å²) in [6.07, 6.45) is 0.898. The molecule has 1 fully saturated rings. The van der Waals surface area contributed by atoms with E-state index in [1.54, 1.807) is 19.1 Å². The van der Waals surface area contributed by atoms with E-state index in [0.29, 0.717) is 17.8 Å². The Kier molecular flexibility index (Phi) is 5.20. The van der Waals surface area contributed by atoms with Gasteiger partial charge in [-0.15, -0.1) is 0 Å². The number of carbonyl (C=O) groups excluding carboxylic acids is 2. The SMILES string of the molecule is CC1=C(NCCCN2CCN(C)CC2)C(=O)c2c(O)cccc2C1=O. The molecule has 6 nitrogen and oxygen atoms in total. The van der Waals surface area contributed by atoms with Crippen molar-refractivity contribution in [3.05, 3.63) is 40.6 Å². The molecule has 1 aliphatic heterocycles. The Hall–Kier alpha value is -2.18. The van der Waals surface area contributed by atoms with E-state index in [-0.39, 0.29) is 28.4 Å². The number of nitrogens with one attached hydrogen (secondary N) is 1. The van der Waals surface area contributed by atoms with Gasteiger partial charge >= 0.3 is 0 Å². The smallest absolute Gasteiger partial charge is 0.213 e. The number of rotatable bonds is 5. The Morgan fingerprint density at radius 3 is 2.56 bits per heavy atom. The number of likely N-dealkylation sites (N-methyl/N-ethyl adjacent to an activating group) is 1. The van der Waals surface area contributed by atoms with E-state index in [1.165, 1.54) is 6.07 Å². The van der Waals surface area contributed by atoms with Crippen LogP contribution in [0.5, 0.6) is 5.75 Å².